The summed E-state index contributed by atoms with van der Waals surface area (Å²) < 4.78 is 12.9. The lowest BCUT2D eigenvalue weighted by atomic mass is 10.2. The van der Waals surface area contributed by atoms with Crippen LogP contribution in [0.2, 0.25) is 0 Å². The van der Waals surface area contributed by atoms with E-state index in [4.69, 9.17) is 8.83 Å². The van der Waals surface area contributed by atoms with Gasteiger partial charge < -0.3 is 19.1 Å². The minimum atomic E-state index is 0. The smallest absolute Gasteiger partial charge is 0.233 e. The maximum atomic E-state index is 12.6. The molecule has 1 aliphatic heterocycles. The lowest BCUT2D eigenvalue weighted by molar-refractivity contribution is -0.129. The number of nitrogens with one attached hydrogen (secondary N) is 1. The number of nitrogens with zero attached hydrogens (tertiary/aromatic N) is 4. The maximum Gasteiger partial charge on any atom is 0.233 e. The second-order valence-electron chi connectivity index (χ2n) is 6.43. The summed E-state index contributed by atoms with van der Waals surface area (Å²) in [7, 11) is 0. The van der Waals surface area contributed by atoms with Gasteiger partial charge in [0.25, 0.3) is 0 Å². The Labute approximate surface area is 173 Å². The third-order valence-electron chi connectivity index (χ3n) is 4.40. The number of hydrogen-bond acceptors (Lipinski definition) is 7. The number of thioether (sulfide) groups is 1. The molecule has 1 fully saturated rings. The fraction of sp³-hybridized carbons (Fsp3) is 0.389. The van der Waals surface area contributed by atoms with Crippen molar-refractivity contribution in [1.82, 2.24) is 25.0 Å². The Kier molecular flexibility index (Phi) is 6.82. The van der Waals surface area contributed by atoms with Crippen LogP contribution in [0.1, 0.15) is 12.7 Å². The number of aromatic nitrogens is 3. The molecule has 1 atom stereocenters. The minimum absolute atomic E-state index is 0. The number of carbonyl (C=O) groups is 1. The lowest BCUT2D eigenvalue weighted by Gasteiger charge is -2.31. The fourth-order valence-corrected chi connectivity index (χ4v) is 3.90. The molecular formula is C18H22ClN5O3S. The van der Waals surface area contributed by atoms with Gasteiger partial charge >= 0.3 is 0 Å². The van der Waals surface area contributed by atoms with Crippen LogP contribution in [0.5, 0.6) is 0 Å². The molecule has 0 saturated carbocycles. The number of halogens is 1. The average Bonchev–Trinajstić information content (AvgIpc) is 3.42. The van der Waals surface area contributed by atoms with Crippen LogP contribution in [-0.2, 0) is 11.3 Å². The SMILES string of the molecule is C[C@@H]1CN(C(=O)CSc2nnc(-c3ccco3)n2Cc2ccco2)CCN1.Cl. The maximum absolute atomic E-state index is 12.6. The molecule has 0 unspecified atom stereocenters. The van der Waals surface area contributed by atoms with Gasteiger partial charge in [0.05, 0.1) is 24.8 Å². The molecule has 3 aromatic heterocycles. The van der Waals surface area contributed by atoms with Crippen LogP contribution in [0.4, 0.5) is 0 Å². The lowest BCUT2D eigenvalue weighted by Crippen LogP contribution is -2.51. The van der Waals surface area contributed by atoms with Crippen molar-refractivity contribution in [1.29, 1.82) is 0 Å². The number of furan rings is 2. The standard InChI is InChI=1S/C18H21N5O3S.ClH/c1-13-10-22(7-6-19-13)16(24)12-27-18-21-20-17(15-5-3-9-26-15)23(18)11-14-4-2-8-25-14;/h2-5,8-9,13,19H,6-7,10-12H2,1H3;1H/t13-;/m1./s1. The van der Waals surface area contributed by atoms with E-state index in [-0.39, 0.29) is 18.3 Å². The van der Waals surface area contributed by atoms with Gasteiger partial charge in [-0.3, -0.25) is 9.36 Å². The molecule has 0 spiro atoms. The first kappa shape index (κ1) is 20.5. The van der Waals surface area contributed by atoms with E-state index in [1.807, 2.05) is 33.7 Å². The van der Waals surface area contributed by atoms with Crippen LogP contribution in [0.3, 0.4) is 0 Å². The predicted octanol–water partition coefficient (Wildman–Crippen LogP) is 2.51. The zero-order valence-corrected chi connectivity index (χ0v) is 17.0. The van der Waals surface area contributed by atoms with Crippen LogP contribution >= 0.6 is 24.2 Å². The number of amides is 1. The molecule has 3 aromatic rings. The summed E-state index contributed by atoms with van der Waals surface area (Å²) in [6, 6.07) is 7.70. The third-order valence-corrected chi connectivity index (χ3v) is 5.35. The monoisotopic (exact) mass is 423 g/mol. The highest BCUT2D eigenvalue weighted by Crippen LogP contribution is 2.26. The average molecular weight is 424 g/mol. The molecule has 0 aromatic carbocycles. The molecule has 1 saturated heterocycles. The van der Waals surface area contributed by atoms with Crippen LogP contribution in [-0.4, -0.2) is 57.0 Å². The number of rotatable bonds is 6. The van der Waals surface area contributed by atoms with Crippen molar-refractivity contribution < 1.29 is 13.6 Å². The summed E-state index contributed by atoms with van der Waals surface area (Å²) in [5.41, 5.74) is 0. The van der Waals surface area contributed by atoms with E-state index in [0.29, 0.717) is 35.1 Å². The Balaban J connectivity index is 0.00000225. The van der Waals surface area contributed by atoms with E-state index in [2.05, 4.69) is 22.4 Å². The van der Waals surface area contributed by atoms with E-state index >= 15 is 0 Å². The molecule has 0 bridgehead atoms. The first-order chi connectivity index (χ1) is 13.2. The van der Waals surface area contributed by atoms with Crippen LogP contribution in [0.25, 0.3) is 11.6 Å². The first-order valence-electron chi connectivity index (χ1n) is 8.84. The molecule has 0 radical (unpaired) electrons. The van der Waals surface area contributed by atoms with Gasteiger partial charge in [-0.05, 0) is 31.2 Å². The molecule has 28 heavy (non-hydrogen) atoms. The van der Waals surface area contributed by atoms with Gasteiger partial charge in [0.1, 0.15) is 5.76 Å². The number of carbonyl (C=O) groups excluding carboxylic acids is 1. The van der Waals surface area contributed by atoms with Crippen molar-refractivity contribution in [3.05, 3.63) is 42.6 Å². The first-order valence-corrected chi connectivity index (χ1v) is 9.82. The number of piperazine rings is 1. The molecule has 0 aliphatic carbocycles. The van der Waals surface area contributed by atoms with Crippen molar-refractivity contribution in [3.8, 4) is 11.6 Å². The van der Waals surface area contributed by atoms with Crippen molar-refractivity contribution in [3.63, 3.8) is 0 Å². The minimum Gasteiger partial charge on any atom is -0.467 e. The van der Waals surface area contributed by atoms with E-state index in [0.717, 1.165) is 25.4 Å². The van der Waals surface area contributed by atoms with E-state index in [1.165, 1.54) is 11.8 Å². The Bertz CT molecular complexity index is 881. The molecule has 150 valence electrons. The second-order valence-corrected chi connectivity index (χ2v) is 7.38. The van der Waals surface area contributed by atoms with Crippen molar-refractivity contribution in [2.24, 2.45) is 0 Å². The molecule has 8 nitrogen and oxygen atoms in total. The van der Waals surface area contributed by atoms with Crippen LogP contribution < -0.4 is 5.32 Å². The summed E-state index contributed by atoms with van der Waals surface area (Å²) in [4.78, 5) is 14.5. The van der Waals surface area contributed by atoms with Gasteiger partial charge in [0.2, 0.25) is 11.7 Å². The zero-order valence-electron chi connectivity index (χ0n) is 15.4. The van der Waals surface area contributed by atoms with Gasteiger partial charge in [-0.25, -0.2) is 0 Å². The molecule has 1 N–H and O–H groups in total. The summed E-state index contributed by atoms with van der Waals surface area (Å²) >= 11 is 1.38. The van der Waals surface area contributed by atoms with E-state index < -0.39 is 0 Å². The highest BCUT2D eigenvalue weighted by Gasteiger charge is 2.23. The van der Waals surface area contributed by atoms with Crippen molar-refractivity contribution in [2.45, 2.75) is 24.7 Å². The van der Waals surface area contributed by atoms with Crippen molar-refractivity contribution >= 4 is 30.1 Å². The topological polar surface area (TPSA) is 89.3 Å². The highest BCUT2D eigenvalue weighted by atomic mass is 35.5. The Morgan fingerprint density at radius 1 is 1.29 bits per heavy atom. The second kappa shape index (κ2) is 9.31. The van der Waals surface area contributed by atoms with Gasteiger partial charge in [0.15, 0.2) is 10.9 Å². The van der Waals surface area contributed by atoms with Crippen LogP contribution in [0.15, 0.2) is 50.8 Å². The molecule has 1 amide bonds. The predicted molar refractivity (Wildman–Crippen MR) is 108 cm³/mol. The van der Waals surface area contributed by atoms with E-state index in [1.54, 1.807) is 12.5 Å². The molecule has 4 rings (SSSR count). The molecule has 10 heteroatoms. The zero-order chi connectivity index (χ0) is 18.6. The van der Waals surface area contributed by atoms with Gasteiger partial charge in [0, 0.05) is 25.7 Å². The Hall–Kier alpha value is -2.23. The Morgan fingerprint density at radius 3 is 2.82 bits per heavy atom. The van der Waals surface area contributed by atoms with Crippen molar-refractivity contribution in [2.75, 3.05) is 25.4 Å². The normalized spacial score (nSPS) is 16.8. The molecular weight excluding hydrogens is 402 g/mol. The van der Waals surface area contributed by atoms with Crippen LogP contribution in [0, 0.1) is 0 Å². The molecule has 1 aliphatic rings. The summed E-state index contributed by atoms with van der Waals surface area (Å²) in [6.07, 6.45) is 3.23. The summed E-state index contributed by atoms with van der Waals surface area (Å²) in [5, 5.41) is 12.5. The third kappa shape index (κ3) is 4.60. The van der Waals surface area contributed by atoms with Gasteiger partial charge in [-0.15, -0.1) is 22.6 Å². The Morgan fingerprint density at radius 2 is 2.11 bits per heavy atom. The summed E-state index contributed by atoms with van der Waals surface area (Å²) in [6.45, 7) is 4.85. The van der Waals surface area contributed by atoms with Gasteiger partial charge in [-0.2, -0.15) is 0 Å². The molecule has 4 heterocycles. The quantitative estimate of drug-likeness (QED) is 0.609. The summed E-state index contributed by atoms with van der Waals surface area (Å²) in [5.74, 6) is 2.46. The van der Waals surface area contributed by atoms with E-state index in [9.17, 15) is 4.79 Å². The fourth-order valence-electron chi connectivity index (χ4n) is 3.06. The highest BCUT2D eigenvalue weighted by molar-refractivity contribution is 7.99. The number of hydrogen-bond donors (Lipinski definition) is 1. The van der Waals surface area contributed by atoms with Gasteiger partial charge in [-0.1, -0.05) is 11.8 Å². The largest absolute Gasteiger partial charge is 0.467 e.